The SMILES string of the molecule is Cc1c(Cl)c(Br)c(Cl)c(-c2nn(C)c(OC(F)F)c2Cl)c1Br. The van der Waals surface area contributed by atoms with E-state index in [0.29, 0.717) is 25.1 Å². The Morgan fingerprint density at radius 1 is 1.09 bits per heavy atom. The van der Waals surface area contributed by atoms with Gasteiger partial charge in [0.2, 0.25) is 5.88 Å². The van der Waals surface area contributed by atoms with Crippen molar-refractivity contribution in [3.8, 4) is 17.1 Å². The van der Waals surface area contributed by atoms with Gasteiger partial charge in [-0.25, -0.2) is 4.68 Å². The first kappa shape index (κ1) is 18.3. The monoisotopic (exact) mass is 496 g/mol. The Morgan fingerprint density at radius 3 is 2.23 bits per heavy atom. The van der Waals surface area contributed by atoms with E-state index in [1.54, 1.807) is 6.92 Å². The van der Waals surface area contributed by atoms with Gasteiger partial charge in [-0.2, -0.15) is 13.9 Å². The number of benzene rings is 1. The van der Waals surface area contributed by atoms with Crippen LogP contribution in [0.3, 0.4) is 0 Å². The van der Waals surface area contributed by atoms with Crippen molar-refractivity contribution < 1.29 is 13.5 Å². The highest BCUT2D eigenvalue weighted by atomic mass is 79.9. The maximum atomic E-state index is 12.4. The number of rotatable bonds is 3. The fraction of sp³-hybridized carbons (Fsp3) is 0.250. The van der Waals surface area contributed by atoms with Gasteiger partial charge in [0.25, 0.3) is 0 Å². The molecule has 3 nitrogen and oxygen atoms in total. The molecule has 0 saturated heterocycles. The third-order valence-corrected chi connectivity index (χ3v) is 6.29. The minimum atomic E-state index is -3.02. The lowest BCUT2D eigenvalue weighted by atomic mass is 10.1. The number of halogens is 7. The Morgan fingerprint density at radius 2 is 1.68 bits per heavy atom. The van der Waals surface area contributed by atoms with Crippen molar-refractivity contribution >= 4 is 66.7 Å². The lowest BCUT2D eigenvalue weighted by Crippen LogP contribution is -2.06. The van der Waals surface area contributed by atoms with Crippen molar-refractivity contribution in [3.05, 3.63) is 29.6 Å². The third-order valence-electron chi connectivity index (χ3n) is 2.86. The lowest BCUT2D eigenvalue weighted by Gasteiger charge is -2.12. The van der Waals surface area contributed by atoms with Crippen LogP contribution in [0, 0.1) is 6.92 Å². The molecule has 0 atom stereocenters. The van der Waals surface area contributed by atoms with E-state index in [1.165, 1.54) is 7.05 Å². The first-order chi connectivity index (χ1) is 10.2. The maximum Gasteiger partial charge on any atom is 0.388 e. The maximum absolute atomic E-state index is 12.4. The Labute approximate surface area is 156 Å². The van der Waals surface area contributed by atoms with Gasteiger partial charge in [0.05, 0.1) is 14.5 Å². The molecule has 0 aliphatic rings. The number of aromatic nitrogens is 2. The molecule has 1 aromatic carbocycles. The fourth-order valence-electron chi connectivity index (χ4n) is 1.81. The van der Waals surface area contributed by atoms with Gasteiger partial charge in [-0.05, 0) is 44.3 Å². The van der Waals surface area contributed by atoms with Gasteiger partial charge in [0.1, 0.15) is 10.7 Å². The van der Waals surface area contributed by atoms with Gasteiger partial charge in [0.15, 0.2) is 0 Å². The van der Waals surface area contributed by atoms with Gasteiger partial charge in [-0.3, -0.25) is 0 Å². The molecule has 0 N–H and O–H groups in total. The predicted octanol–water partition coefficient (Wildman–Crippen LogP) is 6.48. The van der Waals surface area contributed by atoms with E-state index in [-0.39, 0.29) is 21.6 Å². The summed E-state index contributed by atoms with van der Waals surface area (Å²) in [6.07, 6.45) is 0. The van der Waals surface area contributed by atoms with E-state index in [1.807, 2.05) is 0 Å². The van der Waals surface area contributed by atoms with Crippen molar-refractivity contribution in [1.29, 1.82) is 0 Å². The van der Waals surface area contributed by atoms with Crippen molar-refractivity contribution in [1.82, 2.24) is 9.78 Å². The summed E-state index contributed by atoms with van der Waals surface area (Å²) >= 11 is 25.2. The van der Waals surface area contributed by atoms with Crippen LogP contribution in [-0.2, 0) is 7.05 Å². The zero-order chi connectivity index (χ0) is 16.8. The Kier molecular flexibility index (Phi) is 5.65. The zero-order valence-electron chi connectivity index (χ0n) is 11.0. The molecule has 2 rings (SSSR count). The second-order valence-electron chi connectivity index (χ2n) is 4.23. The average molecular weight is 499 g/mol. The van der Waals surface area contributed by atoms with Crippen molar-refractivity contribution in [3.63, 3.8) is 0 Å². The van der Waals surface area contributed by atoms with Crippen LogP contribution in [-0.4, -0.2) is 16.4 Å². The summed E-state index contributed by atoms with van der Waals surface area (Å²) in [5.41, 5.74) is 1.34. The number of alkyl halides is 2. The largest absolute Gasteiger partial charge is 0.416 e. The van der Waals surface area contributed by atoms with Crippen LogP contribution in [0.4, 0.5) is 8.78 Å². The molecule has 22 heavy (non-hydrogen) atoms. The Bertz CT molecular complexity index is 724. The molecule has 0 aliphatic heterocycles. The van der Waals surface area contributed by atoms with E-state index in [2.05, 4.69) is 41.7 Å². The third kappa shape index (κ3) is 3.11. The van der Waals surface area contributed by atoms with Crippen LogP contribution in [0.5, 0.6) is 5.88 Å². The number of nitrogens with zero attached hydrogens (tertiary/aromatic N) is 2. The van der Waals surface area contributed by atoms with Crippen molar-refractivity contribution in [2.24, 2.45) is 7.05 Å². The topological polar surface area (TPSA) is 27.1 Å². The first-order valence-corrected chi connectivity index (χ1v) is 8.39. The number of aryl methyl sites for hydroxylation is 1. The summed E-state index contributed by atoms with van der Waals surface area (Å²) in [6.45, 7) is -1.25. The summed E-state index contributed by atoms with van der Waals surface area (Å²) in [5, 5.41) is 4.73. The van der Waals surface area contributed by atoms with Crippen LogP contribution in [0.25, 0.3) is 11.3 Å². The highest BCUT2D eigenvalue weighted by Crippen LogP contribution is 2.48. The van der Waals surface area contributed by atoms with Gasteiger partial charge < -0.3 is 4.74 Å². The predicted molar refractivity (Wildman–Crippen MR) is 90.4 cm³/mol. The molecule has 0 radical (unpaired) electrons. The zero-order valence-corrected chi connectivity index (χ0v) is 16.5. The van der Waals surface area contributed by atoms with Crippen LogP contribution in [0.2, 0.25) is 15.1 Å². The molecule has 2 aromatic rings. The highest BCUT2D eigenvalue weighted by molar-refractivity contribution is 9.11. The molecule has 0 saturated carbocycles. The second kappa shape index (κ2) is 6.81. The molecule has 0 bridgehead atoms. The number of hydrogen-bond acceptors (Lipinski definition) is 2. The molecule has 120 valence electrons. The first-order valence-electron chi connectivity index (χ1n) is 5.67. The summed E-state index contributed by atoms with van der Waals surface area (Å²) in [5.74, 6) is -0.252. The van der Waals surface area contributed by atoms with Gasteiger partial charge in [-0.15, -0.1) is 0 Å². The molecule has 0 aliphatic carbocycles. The van der Waals surface area contributed by atoms with E-state index in [0.717, 1.165) is 4.68 Å². The van der Waals surface area contributed by atoms with E-state index >= 15 is 0 Å². The van der Waals surface area contributed by atoms with Crippen LogP contribution in [0.1, 0.15) is 5.56 Å². The standard InChI is InChI=1S/C12H7Br2Cl3F2N2O/c1-3-5(13)4(8(16)6(14)7(3)15)10-9(17)11(21(2)20-10)22-12(18)19/h12H,1-2H3. The van der Waals surface area contributed by atoms with Crippen molar-refractivity contribution in [2.75, 3.05) is 0 Å². The molecule has 1 heterocycles. The van der Waals surface area contributed by atoms with E-state index < -0.39 is 6.61 Å². The van der Waals surface area contributed by atoms with Crippen LogP contribution >= 0.6 is 66.7 Å². The molecular formula is C12H7Br2Cl3F2N2O. The van der Waals surface area contributed by atoms with E-state index in [9.17, 15) is 8.78 Å². The van der Waals surface area contributed by atoms with Crippen molar-refractivity contribution in [2.45, 2.75) is 13.5 Å². The van der Waals surface area contributed by atoms with E-state index in [4.69, 9.17) is 34.8 Å². The minimum Gasteiger partial charge on any atom is -0.416 e. The summed E-state index contributed by atoms with van der Waals surface area (Å²) in [7, 11) is 1.44. The Balaban J connectivity index is 2.74. The smallest absolute Gasteiger partial charge is 0.388 e. The van der Waals surface area contributed by atoms with Gasteiger partial charge in [-0.1, -0.05) is 34.8 Å². The molecule has 0 fully saturated rings. The molecule has 0 amide bonds. The Hall–Kier alpha value is -0.0800. The molecular weight excluding hydrogens is 492 g/mol. The minimum absolute atomic E-state index is 0.0703. The van der Waals surface area contributed by atoms with Crippen LogP contribution < -0.4 is 4.74 Å². The fourth-order valence-corrected chi connectivity index (χ4v) is 3.94. The number of ether oxygens (including phenoxy) is 1. The molecule has 0 spiro atoms. The van der Waals surface area contributed by atoms with Crippen LogP contribution in [0.15, 0.2) is 8.95 Å². The average Bonchev–Trinajstić information content (AvgIpc) is 2.71. The highest BCUT2D eigenvalue weighted by Gasteiger charge is 2.26. The quantitative estimate of drug-likeness (QED) is 0.357. The molecule has 1 aromatic heterocycles. The van der Waals surface area contributed by atoms with Gasteiger partial charge in [0, 0.05) is 17.1 Å². The molecule has 10 heteroatoms. The summed E-state index contributed by atoms with van der Waals surface area (Å²) in [6, 6.07) is 0. The molecule has 0 unspecified atom stereocenters. The second-order valence-corrected chi connectivity index (χ2v) is 6.95. The van der Waals surface area contributed by atoms with Gasteiger partial charge >= 0.3 is 6.61 Å². The normalized spacial score (nSPS) is 11.4. The lowest BCUT2D eigenvalue weighted by molar-refractivity contribution is -0.0552. The summed E-state index contributed by atoms with van der Waals surface area (Å²) in [4.78, 5) is 0. The summed E-state index contributed by atoms with van der Waals surface area (Å²) < 4.78 is 31.4. The number of hydrogen-bond donors (Lipinski definition) is 0.